The van der Waals surface area contributed by atoms with Crippen LogP contribution in [0.3, 0.4) is 0 Å². The van der Waals surface area contributed by atoms with Gasteiger partial charge in [0.15, 0.2) is 0 Å². The van der Waals surface area contributed by atoms with E-state index in [0.29, 0.717) is 11.5 Å². The molecule has 0 aromatic carbocycles. The average molecular weight is 265 g/mol. The van der Waals surface area contributed by atoms with Crippen molar-refractivity contribution in [2.45, 2.75) is 32.1 Å². The third kappa shape index (κ3) is 4.06. The number of hydrogen-bond acceptors (Lipinski definition) is 3. The largest absolute Gasteiger partial charge is 0.481 e. The molecule has 0 aliphatic carbocycles. The minimum atomic E-state index is -4.59. The molecule has 0 saturated carbocycles. The highest BCUT2D eigenvalue weighted by molar-refractivity contribution is 5.67. The van der Waals surface area contributed by atoms with Crippen molar-refractivity contribution in [2.75, 3.05) is 7.05 Å². The summed E-state index contributed by atoms with van der Waals surface area (Å²) in [5.74, 6) is -0.519. The summed E-state index contributed by atoms with van der Waals surface area (Å²) in [6.07, 6.45) is -5.57. The van der Waals surface area contributed by atoms with Crippen LogP contribution in [0.25, 0.3) is 0 Å². The first-order valence-electron chi connectivity index (χ1n) is 5.24. The van der Waals surface area contributed by atoms with Crippen molar-refractivity contribution in [3.05, 3.63) is 23.7 Å². The standard InChI is InChI=1S/C11H14F3NO3/c1-7-3-4-8(18-7)6-15(2)9(5-10(16)17)11(12,13)14/h3-4,9H,5-6H2,1-2H3,(H,16,17). The molecular formula is C11H14F3NO3. The molecule has 18 heavy (non-hydrogen) atoms. The maximum atomic E-state index is 12.7. The molecule has 102 valence electrons. The number of nitrogens with zero attached hydrogens (tertiary/aromatic N) is 1. The Morgan fingerprint density at radius 2 is 2.11 bits per heavy atom. The lowest BCUT2D eigenvalue weighted by Crippen LogP contribution is -2.44. The van der Waals surface area contributed by atoms with Gasteiger partial charge in [0.05, 0.1) is 13.0 Å². The summed E-state index contributed by atoms with van der Waals surface area (Å²) in [6, 6.07) is 1.18. The molecule has 1 heterocycles. The Bertz CT molecular complexity index is 414. The monoisotopic (exact) mass is 265 g/mol. The molecule has 0 spiro atoms. The summed E-state index contributed by atoms with van der Waals surface area (Å²) in [4.78, 5) is 11.4. The Labute approximate surface area is 102 Å². The Kier molecular flexibility index (Phi) is 4.39. The first-order valence-corrected chi connectivity index (χ1v) is 5.24. The van der Waals surface area contributed by atoms with Crippen LogP contribution in [0.2, 0.25) is 0 Å². The molecule has 1 aromatic rings. The first kappa shape index (κ1) is 14.6. The summed E-state index contributed by atoms with van der Waals surface area (Å²) in [5.41, 5.74) is 0. The van der Waals surface area contributed by atoms with Crippen molar-refractivity contribution in [3.63, 3.8) is 0 Å². The van der Waals surface area contributed by atoms with E-state index in [1.165, 1.54) is 7.05 Å². The van der Waals surface area contributed by atoms with Crippen LogP contribution >= 0.6 is 0 Å². The zero-order valence-corrected chi connectivity index (χ0v) is 9.99. The molecule has 0 fully saturated rings. The third-order valence-corrected chi connectivity index (χ3v) is 2.48. The van der Waals surface area contributed by atoms with Crippen molar-refractivity contribution in [1.82, 2.24) is 4.90 Å². The SMILES string of the molecule is Cc1ccc(CN(C)C(CC(=O)O)C(F)(F)F)o1. The van der Waals surface area contributed by atoms with Gasteiger partial charge in [0.1, 0.15) is 17.6 Å². The topological polar surface area (TPSA) is 53.7 Å². The van der Waals surface area contributed by atoms with E-state index in [9.17, 15) is 18.0 Å². The highest BCUT2D eigenvalue weighted by Crippen LogP contribution is 2.27. The Balaban J connectivity index is 2.76. The van der Waals surface area contributed by atoms with E-state index < -0.39 is 24.6 Å². The van der Waals surface area contributed by atoms with Gasteiger partial charge in [-0.15, -0.1) is 0 Å². The summed E-state index contributed by atoms with van der Waals surface area (Å²) in [7, 11) is 1.22. The van der Waals surface area contributed by atoms with Gasteiger partial charge in [-0.2, -0.15) is 13.2 Å². The number of hydrogen-bond donors (Lipinski definition) is 1. The highest BCUT2D eigenvalue weighted by Gasteiger charge is 2.43. The van der Waals surface area contributed by atoms with Gasteiger partial charge in [0, 0.05) is 0 Å². The molecule has 1 N–H and O–H groups in total. The van der Waals surface area contributed by atoms with Crippen LogP contribution in [-0.2, 0) is 11.3 Å². The van der Waals surface area contributed by atoms with Crippen molar-refractivity contribution in [2.24, 2.45) is 0 Å². The number of aliphatic carboxylic acids is 1. The second-order valence-corrected chi connectivity index (χ2v) is 4.08. The Morgan fingerprint density at radius 3 is 2.50 bits per heavy atom. The van der Waals surface area contributed by atoms with Crippen molar-refractivity contribution < 1.29 is 27.5 Å². The van der Waals surface area contributed by atoms with Gasteiger partial charge in [-0.3, -0.25) is 9.69 Å². The number of alkyl halides is 3. The van der Waals surface area contributed by atoms with Crippen LogP contribution in [0.5, 0.6) is 0 Å². The summed E-state index contributed by atoms with van der Waals surface area (Å²) >= 11 is 0. The van der Waals surface area contributed by atoms with Gasteiger partial charge < -0.3 is 9.52 Å². The zero-order valence-electron chi connectivity index (χ0n) is 9.99. The quantitative estimate of drug-likeness (QED) is 0.888. The molecule has 0 aliphatic heterocycles. The number of carbonyl (C=O) groups is 1. The molecule has 4 nitrogen and oxygen atoms in total. The predicted octanol–water partition coefficient (Wildman–Crippen LogP) is 2.43. The third-order valence-electron chi connectivity index (χ3n) is 2.48. The van der Waals surface area contributed by atoms with Crippen LogP contribution in [0.1, 0.15) is 17.9 Å². The van der Waals surface area contributed by atoms with Crippen molar-refractivity contribution in [1.29, 1.82) is 0 Å². The van der Waals surface area contributed by atoms with E-state index in [0.717, 1.165) is 4.90 Å². The predicted molar refractivity (Wildman–Crippen MR) is 57.0 cm³/mol. The lowest BCUT2D eigenvalue weighted by atomic mass is 10.1. The molecule has 1 unspecified atom stereocenters. The van der Waals surface area contributed by atoms with Gasteiger partial charge in [0.2, 0.25) is 0 Å². The van der Waals surface area contributed by atoms with Gasteiger partial charge in [-0.1, -0.05) is 0 Å². The fraction of sp³-hybridized carbons (Fsp3) is 0.545. The molecular weight excluding hydrogens is 251 g/mol. The fourth-order valence-corrected chi connectivity index (χ4v) is 1.61. The van der Waals surface area contributed by atoms with Crippen LogP contribution in [0, 0.1) is 6.92 Å². The summed E-state index contributed by atoms with van der Waals surface area (Å²) in [5, 5.41) is 8.52. The molecule has 1 aromatic heterocycles. The molecule has 0 radical (unpaired) electrons. The molecule has 0 aliphatic rings. The summed E-state index contributed by atoms with van der Waals surface area (Å²) < 4.78 is 43.3. The van der Waals surface area contributed by atoms with Gasteiger partial charge in [-0.25, -0.2) is 0 Å². The maximum absolute atomic E-state index is 12.7. The minimum Gasteiger partial charge on any atom is -0.481 e. The highest BCUT2D eigenvalue weighted by atomic mass is 19.4. The lowest BCUT2D eigenvalue weighted by molar-refractivity contribution is -0.189. The number of carboxylic acid groups (broad SMARTS) is 1. The fourth-order valence-electron chi connectivity index (χ4n) is 1.61. The number of halogens is 3. The molecule has 0 bridgehead atoms. The van der Waals surface area contributed by atoms with Gasteiger partial charge in [0.25, 0.3) is 0 Å². The Hall–Kier alpha value is -1.50. The van der Waals surface area contributed by atoms with E-state index in [2.05, 4.69) is 0 Å². The van der Waals surface area contributed by atoms with Crippen LogP contribution in [0.4, 0.5) is 13.2 Å². The minimum absolute atomic E-state index is 0.0920. The van der Waals surface area contributed by atoms with E-state index in [1.807, 2.05) is 0 Å². The van der Waals surface area contributed by atoms with Crippen LogP contribution < -0.4 is 0 Å². The Morgan fingerprint density at radius 1 is 1.50 bits per heavy atom. The maximum Gasteiger partial charge on any atom is 0.404 e. The van der Waals surface area contributed by atoms with Crippen molar-refractivity contribution in [3.8, 4) is 0 Å². The van der Waals surface area contributed by atoms with E-state index in [-0.39, 0.29) is 6.54 Å². The second-order valence-electron chi connectivity index (χ2n) is 4.08. The second kappa shape index (κ2) is 5.43. The van der Waals surface area contributed by atoms with Gasteiger partial charge >= 0.3 is 12.1 Å². The number of rotatable bonds is 5. The van der Waals surface area contributed by atoms with E-state index in [1.54, 1.807) is 19.1 Å². The zero-order chi connectivity index (χ0) is 13.9. The van der Waals surface area contributed by atoms with E-state index in [4.69, 9.17) is 9.52 Å². The molecule has 0 amide bonds. The lowest BCUT2D eigenvalue weighted by Gasteiger charge is -2.27. The van der Waals surface area contributed by atoms with Gasteiger partial charge in [-0.05, 0) is 26.1 Å². The number of furan rings is 1. The van der Waals surface area contributed by atoms with Crippen LogP contribution in [0.15, 0.2) is 16.5 Å². The summed E-state index contributed by atoms with van der Waals surface area (Å²) in [6.45, 7) is 1.59. The first-order chi connectivity index (χ1) is 8.20. The number of carboxylic acids is 1. The average Bonchev–Trinajstić information content (AvgIpc) is 2.58. The normalized spacial score (nSPS) is 13.9. The molecule has 1 atom stereocenters. The van der Waals surface area contributed by atoms with Crippen molar-refractivity contribution >= 4 is 5.97 Å². The van der Waals surface area contributed by atoms with Crippen LogP contribution in [-0.4, -0.2) is 35.2 Å². The number of aryl methyl sites for hydroxylation is 1. The van der Waals surface area contributed by atoms with E-state index >= 15 is 0 Å². The molecule has 7 heteroatoms. The molecule has 1 rings (SSSR count). The smallest absolute Gasteiger partial charge is 0.404 e. The molecule has 0 saturated heterocycles.